The largest absolute Gasteiger partial charge is 0.383 e. The first-order valence-corrected chi connectivity index (χ1v) is 7.88. The molecule has 0 radical (unpaired) electrons. The lowest BCUT2D eigenvalue weighted by atomic mass is 10.2. The summed E-state index contributed by atoms with van der Waals surface area (Å²) in [6, 6.07) is 2.13. The average molecular weight is 314 g/mol. The molecule has 6 heteroatoms. The molecule has 2 aromatic heterocycles. The molecule has 4 nitrogen and oxygen atoms in total. The molecule has 0 unspecified atom stereocenters. The number of halogens is 1. The fourth-order valence-electron chi connectivity index (χ4n) is 2.17. The number of hydrogen-bond acceptors (Lipinski definition) is 5. The summed E-state index contributed by atoms with van der Waals surface area (Å²) >= 11 is 7.72. The molecule has 0 N–H and O–H groups in total. The Balaban J connectivity index is 2.44. The van der Waals surface area contributed by atoms with Crippen molar-refractivity contribution in [1.82, 2.24) is 9.97 Å². The van der Waals surface area contributed by atoms with Crippen molar-refractivity contribution in [2.45, 2.75) is 20.8 Å². The zero-order valence-corrected chi connectivity index (χ0v) is 13.9. The molecule has 2 heterocycles. The van der Waals surface area contributed by atoms with Crippen LogP contribution in [0.3, 0.4) is 0 Å². The predicted octanol–water partition coefficient (Wildman–Crippen LogP) is 3.76. The van der Waals surface area contributed by atoms with Crippen LogP contribution in [0.15, 0.2) is 6.07 Å². The number of aromatic nitrogens is 2. The van der Waals surface area contributed by atoms with E-state index in [1.807, 2.05) is 0 Å². The fourth-order valence-corrected chi connectivity index (χ4v) is 3.26. The number of fused-ring (bicyclic) bond motifs is 1. The van der Waals surface area contributed by atoms with Crippen molar-refractivity contribution in [3.05, 3.63) is 16.2 Å². The minimum absolute atomic E-state index is 0.306. The van der Waals surface area contributed by atoms with E-state index in [-0.39, 0.29) is 0 Å². The topological polar surface area (TPSA) is 38.2 Å². The second kappa shape index (κ2) is 6.70. The third-order valence-corrected chi connectivity index (χ3v) is 4.03. The van der Waals surface area contributed by atoms with Gasteiger partial charge in [0, 0.05) is 25.1 Å². The standard InChI is InChI=1S/C14H20ClN3OS/c1-9(2)8-18(5-6-19-4)12-11-7-10(3)20-13(11)17-14(15)16-12/h7,9H,5-6,8H2,1-4H3. The van der Waals surface area contributed by atoms with Crippen LogP contribution in [-0.2, 0) is 4.74 Å². The van der Waals surface area contributed by atoms with E-state index in [2.05, 4.69) is 41.7 Å². The molecule has 2 aromatic rings. The maximum atomic E-state index is 6.07. The van der Waals surface area contributed by atoms with Crippen LogP contribution in [-0.4, -0.2) is 36.8 Å². The minimum atomic E-state index is 0.306. The lowest BCUT2D eigenvalue weighted by molar-refractivity contribution is 0.204. The van der Waals surface area contributed by atoms with Crippen LogP contribution >= 0.6 is 22.9 Å². The number of anilines is 1. The number of ether oxygens (including phenoxy) is 1. The van der Waals surface area contributed by atoms with Gasteiger partial charge in [0.1, 0.15) is 10.6 Å². The zero-order chi connectivity index (χ0) is 14.7. The number of thiophene rings is 1. The van der Waals surface area contributed by atoms with Gasteiger partial charge in [-0.1, -0.05) is 13.8 Å². The van der Waals surface area contributed by atoms with Crippen molar-refractivity contribution in [2.75, 3.05) is 31.7 Å². The monoisotopic (exact) mass is 313 g/mol. The van der Waals surface area contributed by atoms with E-state index in [0.717, 1.165) is 29.1 Å². The van der Waals surface area contributed by atoms with E-state index in [4.69, 9.17) is 16.3 Å². The van der Waals surface area contributed by atoms with E-state index >= 15 is 0 Å². The van der Waals surface area contributed by atoms with Gasteiger partial charge in [0.2, 0.25) is 5.28 Å². The molecule has 0 aliphatic carbocycles. The summed E-state index contributed by atoms with van der Waals surface area (Å²) in [5, 5.41) is 1.38. The molecule has 20 heavy (non-hydrogen) atoms. The summed E-state index contributed by atoms with van der Waals surface area (Å²) in [6.45, 7) is 8.84. The van der Waals surface area contributed by atoms with Gasteiger partial charge in [0.25, 0.3) is 0 Å². The average Bonchev–Trinajstić information content (AvgIpc) is 2.73. The van der Waals surface area contributed by atoms with Crippen LogP contribution in [0.1, 0.15) is 18.7 Å². The summed E-state index contributed by atoms with van der Waals surface area (Å²) in [6.07, 6.45) is 0. The SMILES string of the molecule is COCCN(CC(C)C)c1nc(Cl)nc2sc(C)cc12. The highest BCUT2D eigenvalue weighted by Gasteiger charge is 2.16. The summed E-state index contributed by atoms with van der Waals surface area (Å²) in [5.74, 6) is 1.45. The Labute approximate surface area is 128 Å². The van der Waals surface area contributed by atoms with E-state index in [0.29, 0.717) is 17.8 Å². The van der Waals surface area contributed by atoms with E-state index in [9.17, 15) is 0 Å². The first-order chi connectivity index (χ1) is 9.51. The quantitative estimate of drug-likeness (QED) is 0.761. The molecule has 0 saturated heterocycles. The maximum Gasteiger partial charge on any atom is 0.225 e. The maximum absolute atomic E-state index is 6.07. The molecule has 0 aromatic carbocycles. The summed E-state index contributed by atoms with van der Waals surface area (Å²) in [5.41, 5.74) is 0. The third-order valence-electron chi connectivity index (χ3n) is 2.92. The van der Waals surface area contributed by atoms with Crippen LogP contribution in [0.25, 0.3) is 10.2 Å². The highest BCUT2D eigenvalue weighted by molar-refractivity contribution is 7.18. The number of methoxy groups -OCH3 is 1. The minimum Gasteiger partial charge on any atom is -0.383 e. The smallest absolute Gasteiger partial charge is 0.225 e. The van der Waals surface area contributed by atoms with Crippen molar-refractivity contribution < 1.29 is 4.74 Å². The third kappa shape index (κ3) is 3.59. The Hall–Kier alpha value is -0.910. The van der Waals surface area contributed by atoms with Crippen molar-refractivity contribution in [2.24, 2.45) is 5.92 Å². The van der Waals surface area contributed by atoms with Crippen molar-refractivity contribution >= 4 is 39.0 Å². The number of aryl methyl sites for hydroxylation is 1. The lowest BCUT2D eigenvalue weighted by Crippen LogP contribution is -2.31. The Bertz CT molecular complexity index is 585. The van der Waals surface area contributed by atoms with Gasteiger partial charge in [-0.05, 0) is 30.5 Å². The lowest BCUT2D eigenvalue weighted by Gasteiger charge is -2.25. The van der Waals surface area contributed by atoms with Gasteiger partial charge in [0.15, 0.2) is 0 Å². The Morgan fingerprint density at radius 2 is 2.15 bits per heavy atom. The Kier molecular flexibility index (Phi) is 5.18. The van der Waals surface area contributed by atoms with E-state index < -0.39 is 0 Å². The molecule has 0 aliphatic rings. The number of hydrogen-bond donors (Lipinski definition) is 0. The zero-order valence-electron chi connectivity index (χ0n) is 12.3. The van der Waals surface area contributed by atoms with Crippen LogP contribution < -0.4 is 4.90 Å². The predicted molar refractivity (Wildman–Crippen MR) is 86.1 cm³/mol. The molecule has 110 valence electrons. The van der Waals surface area contributed by atoms with Crippen molar-refractivity contribution in [3.8, 4) is 0 Å². The molecule has 0 fully saturated rings. The van der Waals surface area contributed by atoms with Crippen LogP contribution in [0.5, 0.6) is 0 Å². The molecule has 0 amide bonds. The van der Waals surface area contributed by atoms with Gasteiger partial charge >= 0.3 is 0 Å². The Morgan fingerprint density at radius 3 is 2.80 bits per heavy atom. The van der Waals surface area contributed by atoms with E-state index in [1.54, 1.807) is 18.4 Å². The second-order valence-electron chi connectivity index (χ2n) is 5.22. The van der Waals surface area contributed by atoms with E-state index in [1.165, 1.54) is 4.88 Å². The fraction of sp³-hybridized carbons (Fsp3) is 0.571. The van der Waals surface area contributed by atoms with Crippen LogP contribution in [0.4, 0.5) is 5.82 Å². The molecule has 0 spiro atoms. The summed E-state index contributed by atoms with van der Waals surface area (Å²) < 4.78 is 5.21. The van der Waals surface area contributed by atoms with Gasteiger partial charge in [-0.25, -0.2) is 4.98 Å². The first-order valence-electron chi connectivity index (χ1n) is 6.68. The van der Waals surface area contributed by atoms with Gasteiger partial charge < -0.3 is 9.64 Å². The van der Waals surface area contributed by atoms with Gasteiger partial charge in [-0.3, -0.25) is 0 Å². The highest BCUT2D eigenvalue weighted by Crippen LogP contribution is 2.31. The molecule has 0 saturated carbocycles. The molecule has 2 rings (SSSR count). The highest BCUT2D eigenvalue weighted by atomic mass is 35.5. The molecular weight excluding hydrogens is 294 g/mol. The molecule has 0 bridgehead atoms. The van der Waals surface area contributed by atoms with Gasteiger partial charge in [-0.15, -0.1) is 11.3 Å². The number of rotatable bonds is 6. The van der Waals surface area contributed by atoms with Crippen molar-refractivity contribution in [3.63, 3.8) is 0 Å². The number of nitrogens with zero attached hydrogens (tertiary/aromatic N) is 3. The van der Waals surface area contributed by atoms with Crippen LogP contribution in [0, 0.1) is 12.8 Å². The molecule has 0 aliphatic heterocycles. The first kappa shape index (κ1) is 15.5. The Morgan fingerprint density at radius 1 is 1.40 bits per heavy atom. The van der Waals surface area contributed by atoms with Crippen LogP contribution in [0.2, 0.25) is 5.28 Å². The van der Waals surface area contributed by atoms with Gasteiger partial charge in [-0.2, -0.15) is 4.98 Å². The molecular formula is C14H20ClN3OS. The summed E-state index contributed by atoms with van der Waals surface area (Å²) in [4.78, 5) is 13.2. The van der Waals surface area contributed by atoms with Crippen molar-refractivity contribution in [1.29, 1.82) is 0 Å². The normalized spacial score (nSPS) is 11.5. The second-order valence-corrected chi connectivity index (χ2v) is 6.80. The molecule has 0 atom stereocenters. The van der Waals surface area contributed by atoms with Gasteiger partial charge in [0.05, 0.1) is 12.0 Å². The summed E-state index contributed by atoms with van der Waals surface area (Å²) in [7, 11) is 1.71.